The lowest BCUT2D eigenvalue weighted by Crippen LogP contribution is -2.12. The van der Waals surface area contributed by atoms with Crippen LogP contribution < -0.4 is 5.32 Å². The van der Waals surface area contributed by atoms with Gasteiger partial charge in [-0.25, -0.2) is 4.68 Å². The highest BCUT2D eigenvalue weighted by atomic mass is 32.2. The molecule has 0 spiro atoms. The molecule has 1 N–H and O–H groups in total. The largest absolute Gasteiger partial charge is 0.296 e. The number of carbonyl (C=O) groups excluding carboxylic acids is 1. The van der Waals surface area contributed by atoms with Crippen molar-refractivity contribution in [2.24, 2.45) is 0 Å². The fraction of sp³-hybridized carbons (Fsp3) is 0.136. The lowest BCUT2D eigenvalue weighted by Gasteiger charge is -2.06. The molecular formula is C22H18N6OS2. The summed E-state index contributed by atoms with van der Waals surface area (Å²) in [6.07, 6.45) is 0. The molecule has 2 heterocycles. The van der Waals surface area contributed by atoms with Gasteiger partial charge in [0.15, 0.2) is 4.34 Å². The molecule has 0 aliphatic rings. The molecule has 4 aromatic rings. The van der Waals surface area contributed by atoms with Crippen LogP contribution in [-0.4, -0.2) is 25.9 Å². The molecule has 0 saturated heterocycles. The number of rotatable bonds is 6. The van der Waals surface area contributed by atoms with Gasteiger partial charge >= 0.3 is 0 Å². The van der Waals surface area contributed by atoms with Crippen LogP contribution in [0.2, 0.25) is 0 Å². The van der Waals surface area contributed by atoms with E-state index in [1.54, 1.807) is 24.3 Å². The number of amides is 1. The minimum atomic E-state index is -0.236. The molecule has 1 amide bonds. The Morgan fingerprint density at radius 1 is 1.13 bits per heavy atom. The van der Waals surface area contributed by atoms with Gasteiger partial charge in [-0.2, -0.15) is 10.4 Å². The van der Waals surface area contributed by atoms with Gasteiger partial charge in [0, 0.05) is 17.0 Å². The van der Waals surface area contributed by atoms with Crippen LogP contribution >= 0.6 is 23.1 Å². The Balaban J connectivity index is 1.36. The standard InChI is InChI=1S/C22H18N6OS2/c1-14-11-15(2)28(27-14)19-9-7-18(8-10-19)20(29)24-21-25-26-22(31-21)30-13-17-5-3-16(12-23)4-6-17/h3-11H,13H2,1-2H3,(H,24,25,29). The van der Waals surface area contributed by atoms with Crippen molar-refractivity contribution in [2.75, 3.05) is 5.32 Å². The van der Waals surface area contributed by atoms with E-state index in [4.69, 9.17) is 5.26 Å². The van der Waals surface area contributed by atoms with E-state index in [-0.39, 0.29) is 5.91 Å². The Morgan fingerprint density at radius 3 is 2.52 bits per heavy atom. The minimum absolute atomic E-state index is 0.236. The monoisotopic (exact) mass is 446 g/mol. The summed E-state index contributed by atoms with van der Waals surface area (Å²) >= 11 is 2.86. The molecule has 4 rings (SSSR count). The molecule has 0 unspecified atom stereocenters. The highest BCUT2D eigenvalue weighted by Gasteiger charge is 2.12. The van der Waals surface area contributed by atoms with Crippen molar-refractivity contribution in [2.45, 2.75) is 23.9 Å². The van der Waals surface area contributed by atoms with Crippen molar-refractivity contribution in [3.8, 4) is 11.8 Å². The number of benzene rings is 2. The molecule has 0 aliphatic heterocycles. The van der Waals surface area contributed by atoms with Crippen molar-refractivity contribution >= 4 is 34.1 Å². The topological polar surface area (TPSA) is 96.5 Å². The Hall–Kier alpha value is -3.48. The van der Waals surface area contributed by atoms with E-state index in [2.05, 4.69) is 26.7 Å². The van der Waals surface area contributed by atoms with Gasteiger partial charge in [0.25, 0.3) is 5.91 Å². The van der Waals surface area contributed by atoms with Gasteiger partial charge < -0.3 is 0 Å². The third-order valence-corrected chi connectivity index (χ3v) is 6.50. The minimum Gasteiger partial charge on any atom is -0.296 e. The van der Waals surface area contributed by atoms with E-state index in [9.17, 15) is 4.79 Å². The molecule has 0 atom stereocenters. The van der Waals surface area contributed by atoms with Crippen molar-refractivity contribution in [1.29, 1.82) is 5.26 Å². The molecule has 7 nitrogen and oxygen atoms in total. The number of thioether (sulfide) groups is 1. The zero-order valence-corrected chi connectivity index (χ0v) is 18.5. The van der Waals surface area contributed by atoms with Crippen LogP contribution in [0.1, 0.15) is 32.9 Å². The van der Waals surface area contributed by atoms with E-state index in [0.717, 1.165) is 27.0 Å². The lowest BCUT2D eigenvalue weighted by atomic mass is 10.2. The van der Waals surface area contributed by atoms with E-state index >= 15 is 0 Å². The number of nitriles is 1. The molecule has 0 radical (unpaired) electrons. The Bertz CT molecular complexity index is 1250. The molecular weight excluding hydrogens is 428 g/mol. The smallest absolute Gasteiger partial charge is 0.257 e. The molecule has 0 bridgehead atoms. The SMILES string of the molecule is Cc1cc(C)n(-c2ccc(C(=O)Nc3nnc(SCc4ccc(C#N)cc4)s3)cc2)n1. The zero-order valence-electron chi connectivity index (χ0n) is 16.9. The van der Waals surface area contributed by atoms with Crippen molar-refractivity contribution in [3.05, 3.63) is 82.7 Å². The second kappa shape index (κ2) is 9.12. The van der Waals surface area contributed by atoms with Crippen molar-refractivity contribution in [1.82, 2.24) is 20.0 Å². The van der Waals surface area contributed by atoms with Crippen LogP contribution in [0.4, 0.5) is 5.13 Å². The molecule has 0 aliphatic carbocycles. The maximum absolute atomic E-state index is 12.6. The van der Waals surface area contributed by atoms with Crippen LogP contribution in [-0.2, 0) is 5.75 Å². The number of aromatic nitrogens is 4. The molecule has 31 heavy (non-hydrogen) atoms. The van der Waals surface area contributed by atoms with Gasteiger partial charge in [0.2, 0.25) is 5.13 Å². The van der Waals surface area contributed by atoms with Crippen LogP contribution in [0.15, 0.2) is 58.9 Å². The predicted molar refractivity (Wildman–Crippen MR) is 122 cm³/mol. The molecule has 2 aromatic carbocycles. The van der Waals surface area contributed by atoms with Crippen molar-refractivity contribution in [3.63, 3.8) is 0 Å². The Kier molecular flexibility index (Phi) is 6.11. The fourth-order valence-corrected chi connectivity index (χ4v) is 4.66. The highest BCUT2D eigenvalue weighted by molar-refractivity contribution is 8.00. The summed E-state index contributed by atoms with van der Waals surface area (Å²) in [7, 11) is 0. The first-order valence-electron chi connectivity index (χ1n) is 9.42. The van der Waals surface area contributed by atoms with E-state index in [0.29, 0.717) is 22.0 Å². The number of anilines is 1. The predicted octanol–water partition coefficient (Wildman–Crippen LogP) is 4.76. The Labute approximate surface area is 187 Å². The summed E-state index contributed by atoms with van der Waals surface area (Å²) in [5.41, 5.74) is 5.15. The highest BCUT2D eigenvalue weighted by Crippen LogP contribution is 2.28. The quantitative estimate of drug-likeness (QED) is 0.339. The summed E-state index contributed by atoms with van der Waals surface area (Å²) in [6, 6.07) is 18.8. The number of carbonyl (C=O) groups is 1. The first-order chi connectivity index (χ1) is 15.0. The van der Waals surface area contributed by atoms with Crippen LogP contribution in [0, 0.1) is 25.2 Å². The zero-order chi connectivity index (χ0) is 21.8. The lowest BCUT2D eigenvalue weighted by molar-refractivity contribution is 0.102. The summed E-state index contributed by atoms with van der Waals surface area (Å²) in [4.78, 5) is 12.6. The average molecular weight is 447 g/mol. The fourth-order valence-electron chi connectivity index (χ4n) is 2.95. The maximum atomic E-state index is 12.6. The normalized spacial score (nSPS) is 10.6. The first-order valence-corrected chi connectivity index (χ1v) is 11.2. The van der Waals surface area contributed by atoms with Gasteiger partial charge in [-0.05, 0) is 61.9 Å². The average Bonchev–Trinajstić information content (AvgIpc) is 3.37. The third-order valence-electron chi connectivity index (χ3n) is 4.46. The number of hydrogen-bond acceptors (Lipinski definition) is 7. The van der Waals surface area contributed by atoms with Crippen LogP contribution in [0.25, 0.3) is 5.69 Å². The van der Waals surface area contributed by atoms with Crippen LogP contribution in [0.5, 0.6) is 0 Å². The van der Waals surface area contributed by atoms with Gasteiger partial charge in [0.05, 0.1) is 23.0 Å². The molecule has 2 aromatic heterocycles. The summed E-state index contributed by atoms with van der Waals surface area (Å²) < 4.78 is 2.61. The number of aryl methyl sites for hydroxylation is 2. The van der Waals surface area contributed by atoms with Crippen molar-refractivity contribution < 1.29 is 4.79 Å². The van der Waals surface area contributed by atoms with Crippen LogP contribution in [0.3, 0.4) is 0 Å². The second-order valence-electron chi connectivity index (χ2n) is 6.81. The Morgan fingerprint density at radius 2 is 1.87 bits per heavy atom. The summed E-state index contributed by atoms with van der Waals surface area (Å²) in [5.74, 6) is 0.474. The van der Waals surface area contributed by atoms with Gasteiger partial charge in [-0.3, -0.25) is 10.1 Å². The molecule has 0 saturated carbocycles. The summed E-state index contributed by atoms with van der Waals surface area (Å²) in [5, 5.41) is 24.8. The number of hydrogen-bond donors (Lipinski definition) is 1. The number of nitrogens with zero attached hydrogens (tertiary/aromatic N) is 5. The van der Waals surface area contributed by atoms with E-state index in [1.807, 2.05) is 48.9 Å². The molecule has 154 valence electrons. The van der Waals surface area contributed by atoms with E-state index < -0.39 is 0 Å². The van der Waals surface area contributed by atoms with E-state index in [1.165, 1.54) is 23.1 Å². The third kappa shape index (κ3) is 4.99. The molecule has 0 fully saturated rings. The first kappa shape index (κ1) is 20.8. The second-order valence-corrected chi connectivity index (χ2v) is 9.01. The number of nitrogens with one attached hydrogen (secondary N) is 1. The molecule has 9 heteroatoms. The van der Waals surface area contributed by atoms with Gasteiger partial charge in [-0.1, -0.05) is 35.2 Å². The maximum Gasteiger partial charge on any atom is 0.257 e. The van der Waals surface area contributed by atoms with Gasteiger partial charge in [0.1, 0.15) is 0 Å². The summed E-state index contributed by atoms with van der Waals surface area (Å²) in [6.45, 7) is 3.94. The van der Waals surface area contributed by atoms with Gasteiger partial charge in [-0.15, -0.1) is 10.2 Å².